The Morgan fingerprint density at radius 1 is 1.29 bits per heavy atom. The smallest absolute Gasteiger partial charge is 0.407 e. The van der Waals surface area contributed by atoms with E-state index in [4.69, 9.17) is 10.8 Å². The predicted molar refractivity (Wildman–Crippen MR) is 41.0 cm³/mol. The summed E-state index contributed by atoms with van der Waals surface area (Å²) < 4.78 is 48.7. The van der Waals surface area contributed by atoms with E-state index in [1.807, 2.05) is 0 Å². The molecule has 2 nitrogen and oxygen atoms in total. The summed E-state index contributed by atoms with van der Waals surface area (Å²) in [4.78, 5) is 0. The molecule has 1 atom stereocenters. The lowest BCUT2D eigenvalue weighted by atomic mass is 10.1. The molecule has 6 heteroatoms. The molecule has 0 amide bonds. The van der Waals surface area contributed by atoms with Crippen LogP contribution in [-0.2, 0) is 0 Å². The first-order valence-corrected chi connectivity index (χ1v) is 3.63. The number of hydrogen-bond acceptors (Lipinski definition) is 2. The molecule has 0 aliphatic rings. The normalized spacial score (nSPS) is 14.1. The fourth-order valence-corrected chi connectivity index (χ4v) is 0.956. The molecule has 0 aliphatic heterocycles. The van der Waals surface area contributed by atoms with E-state index in [-0.39, 0.29) is 0 Å². The van der Waals surface area contributed by atoms with Crippen LogP contribution in [0, 0.1) is 5.82 Å². The van der Waals surface area contributed by atoms with Crippen molar-refractivity contribution in [3.05, 3.63) is 29.6 Å². The van der Waals surface area contributed by atoms with Crippen LogP contribution < -0.4 is 5.73 Å². The molecule has 1 aromatic carbocycles. The number of nitrogens with two attached hydrogens (primary N) is 1. The van der Waals surface area contributed by atoms with E-state index < -0.39 is 29.3 Å². The van der Waals surface area contributed by atoms with Gasteiger partial charge in [0.2, 0.25) is 0 Å². The summed E-state index contributed by atoms with van der Waals surface area (Å²) in [5.74, 6) is -1.62. The Labute approximate surface area is 77.0 Å². The van der Waals surface area contributed by atoms with Gasteiger partial charge >= 0.3 is 6.18 Å². The van der Waals surface area contributed by atoms with Gasteiger partial charge in [0.15, 0.2) is 0 Å². The fourth-order valence-electron chi connectivity index (χ4n) is 0.956. The fraction of sp³-hybridized carbons (Fsp3) is 0.250. The highest BCUT2D eigenvalue weighted by atomic mass is 19.4. The third kappa shape index (κ3) is 2.14. The second kappa shape index (κ2) is 3.45. The average Bonchev–Trinajstić information content (AvgIpc) is 2.01. The summed E-state index contributed by atoms with van der Waals surface area (Å²) in [6.07, 6.45) is -4.66. The average molecular weight is 209 g/mol. The van der Waals surface area contributed by atoms with Crippen LogP contribution in [0.4, 0.5) is 17.6 Å². The predicted octanol–water partition coefficient (Wildman–Crippen LogP) is 2.09. The first-order chi connectivity index (χ1) is 6.32. The minimum Gasteiger partial charge on any atom is -0.507 e. The molecule has 0 bridgehead atoms. The number of aromatic hydroxyl groups is 1. The van der Waals surface area contributed by atoms with Crippen molar-refractivity contribution in [1.82, 2.24) is 0 Å². The molecule has 1 aromatic rings. The molecule has 0 aliphatic carbocycles. The largest absolute Gasteiger partial charge is 0.507 e. The molecular weight excluding hydrogens is 202 g/mol. The van der Waals surface area contributed by atoms with E-state index in [1.54, 1.807) is 0 Å². The molecule has 0 aromatic heterocycles. The van der Waals surface area contributed by atoms with E-state index in [9.17, 15) is 17.6 Å². The maximum Gasteiger partial charge on any atom is 0.407 e. The van der Waals surface area contributed by atoms with Crippen molar-refractivity contribution in [1.29, 1.82) is 0 Å². The number of phenols is 1. The minimum absolute atomic E-state index is 0.543. The summed E-state index contributed by atoms with van der Waals surface area (Å²) in [6, 6.07) is -0.104. The van der Waals surface area contributed by atoms with Gasteiger partial charge in [0, 0.05) is 11.6 Å². The Bertz CT molecular complexity index is 337. The van der Waals surface area contributed by atoms with Crippen molar-refractivity contribution in [3.63, 3.8) is 0 Å². The van der Waals surface area contributed by atoms with Crippen molar-refractivity contribution in [2.24, 2.45) is 5.73 Å². The Morgan fingerprint density at radius 2 is 1.86 bits per heavy atom. The molecule has 0 heterocycles. The molecular formula is C8H7F4NO. The van der Waals surface area contributed by atoms with Gasteiger partial charge in [0.05, 0.1) is 0 Å². The van der Waals surface area contributed by atoms with Crippen LogP contribution in [0.2, 0.25) is 0 Å². The topological polar surface area (TPSA) is 46.2 Å². The lowest BCUT2D eigenvalue weighted by Gasteiger charge is -2.16. The maximum absolute atomic E-state index is 12.4. The quantitative estimate of drug-likeness (QED) is 0.695. The zero-order valence-corrected chi connectivity index (χ0v) is 6.85. The third-order valence-electron chi connectivity index (χ3n) is 1.68. The van der Waals surface area contributed by atoms with Crippen LogP contribution in [0.1, 0.15) is 11.6 Å². The molecule has 14 heavy (non-hydrogen) atoms. The number of benzene rings is 1. The highest BCUT2D eigenvalue weighted by Crippen LogP contribution is 2.34. The molecule has 1 rings (SSSR count). The monoisotopic (exact) mass is 209 g/mol. The summed E-state index contributed by atoms with van der Waals surface area (Å²) in [6.45, 7) is 0. The highest BCUT2D eigenvalue weighted by Gasteiger charge is 2.39. The molecule has 0 unspecified atom stereocenters. The van der Waals surface area contributed by atoms with Crippen LogP contribution in [-0.4, -0.2) is 11.3 Å². The molecule has 0 fully saturated rings. The SMILES string of the molecule is N[C@@H](c1ccc(F)cc1O)C(F)(F)F. The number of rotatable bonds is 1. The van der Waals surface area contributed by atoms with E-state index in [0.29, 0.717) is 6.07 Å². The Kier molecular flexibility index (Phi) is 2.66. The van der Waals surface area contributed by atoms with Crippen LogP contribution in [0.3, 0.4) is 0 Å². The number of hydrogen-bond donors (Lipinski definition) is 2. The van der Waals surface area contributed by atoms with E-state index in [0.717, 1.165) is 12.1 Å². The third-order valence-corrected chi connectivity index (χ3v) is 1.68. The van der Waals surface area contributed by atoms with Crippen molar-refractivity contribution >= 4 is 0 Å². The Morgan fingerprint density at radius 3 is 2.29 bits per heavy atom. The standard InChI is InChI=1S/C8H7F4NO/c9-4-1-2-5(6(14)3-4)7(13)8(10,11)12/h1-3,7,14H,13H2/t7-/m0/s1. The van der Waals surface area contributed by atoms with E-state index in [2.05, 4.69) is 0 Å². The lowest BCUT2D eigenvalue weighted by Crippen LogP contribution is -2.28. The van der Waals surface area contributed by atoms with Crippen molar-refractivity contribution in [2.45, 2.75) is 12.2 Å². The lowest BCUT2D eigenvalue weighted by molar-refractivity contribution is -0.149. The van der Waals surface area contributed by atoms with Crippen molar-refractivity contribution < 1.29 is 22.7 Å². The van der Waals surface area contributed by atoms with Crippen molar-refractivity contribution in [3.8, 4) is 5.75 Å². The van der Waals surface area contributed by atoms with Crippen LogP contribution in [0.15, 0.2) is 18.2 Å². The second-order valence-electron chi connectivity index (χ2n) is 2.72. The van der Waals surface area contributed by atoms with Gasteiger partial charge in [-0.2, -0.15) is 13.2 Å². The molecule has 78 valence electrons. The van der Waals surface area contributed by atoms with Gasteiger partial charge in [-0.25, -0.2) is 4.39 Å². The zero-order chi connectivity index (χ0) is 10.9. The van der Waals surface area contributed by atoms with Gasteiger partial charge in [0.25, 0.3) is 0 Å². The molecule has 0 saturated heterocycles. The van der Waals surface area contributed by atoms with Gasteiger partial charge in [0.1, 0.15) is 17.6 Å². The summed E-state index contributed by atoms with van der Waals surface area (Å²) in [5.41, 5.74) is 4.27. The van der Waals surface area contributed by atoms with E-state index >= 15 is 0 Å². The zero-order valence-electron chi connectivity index (χ0n) is 6.85. The Hall–Kier alpha value is -1.30. The summed E-state index contributed by atoms with van der Waals surface area (Å²) >= 11 is 0. The number of alkyl halides is 3. The summed E-state index contributed by atoms with van der Waals surface area (Å²) in [7, 11) is 0. The van der Waals surface area contributed by atoms with Gasteiger partial charge in [-0.15, -0.1) is 0 Å². The van der Waals surface area contributed by atoms with Crippen LogP contribution in [0.25, 0.3) is 0 Å². The first kappa shape index (κ1) is 10.8. The Balaban J connectivity index is 3.08. The van der Waals surface area contributed by atoms with Crippen LogP contribution >= 0.6 is 0 Å². The molecule has 0 radical (unpaired) electrons. The molecule has 0 saturated carbocycles. The van der Waals surface area contributed by atoms with Gasteiger partial charge < -0.3 is 10.8 Å². The van der Waals surface area contributed by atoms with Gasteiger partial charge in [-0.1, -0.05) is 6.07 Å². The second-order valence-corrected chi connectivity index (χ2v) is 2.72. The number of phenolic OH excluding ortho intramolecular Hbond substituents is 1. The molecule has 0 spiro atoms. The maximum atomic E-state index is 12.4. The highest BCUT2D eigenvalue weighted by molar-refractivity contribution is 5.35. The molecule has 3 N–H and O–H groups in total. The number of halogens is 4. The minimum atomic E-state index is -4.66. The van der Waals surface area contributed by atoms with Gasteiger partial charge in [-0.3, -0.25) is 0 Å². The summed E-state index contributed by atoms with van der Waals surface area (Å²) in [5, 5.41) is 9.01. The van der Waals surface area contributed by atoms with Gasteiger partial charge in [-0.05, 0) is 6.07 Å². The van der Waals surface area contributed by atoms with Crippen LogP contribution in [0.5, 0.6) is 5.75 Å². The first-order valence-electron chi connectivity index (χ1n) is 3.63. The van der Waals surface area contributed by atoms with E-state index in [1.165, 1.54) is 0 Å². The van der Waals surface area contributed by atoms with Crippen molar-refractivity contribution in [2.75, 3.05) is 0 Å².